The molecule has 0 spiro atoms. The van der Waals surface area contributed by atoms with E-state index in [1.807, 2.05) is 0 Å². The van der Waals surface area contributed by atoms with Crippen molar-refractivity contribution in [1.29, 1.82) is 0 Å². The van der Waals surface area contributed by atoms with E-state index in [1.54, 1.807) is 6.92 Å². The Labute approximate surface area is 141 Å². The van der Waals surface area contributed by atoms with Gasteiger partial charge in [-0.05, 0) is 19.9 Å². The van der Waals surface area contributed by atoms with Gasteiger partial charge in [0.05, 0.1) is 22.2 Å². The number of nitro groups is 1. The second kappa shape index (κ2) is 6.44. The van der Waals surface area contributed by atoms with Crippen LogP contribution >= 0.6 is 11.6 Å². The summed E-state index contributed by atoms with van der Waals surface area (Å²) in [4.78, 5) is 33.9. The number of nitrogens with zero attached hydrogens (tertiary/aromatic N) is 3. The lowest BCUT2D eigenvalue weighted by molar-refractivity contribution is -0.384. The van der Waals surface area contributed by atoms with Crippen molar-refractivity contribution in [1.82, 2.24) is 0 Å². The molecule has 0 amide bonds. The Kier molecular flexibility index (Phi) is 4.74. The van der Waals surface area contributed by atoms with Crippen LogP contribution in [0.4, 0.5) is 11.4 Å². The molecule has 24 heavy (non-hydrogen) atoms. The van der Waals surface area contributed by atoms with Crippen molar-refractivity contribution in [2.45, 2.75) is 25.8 Å². The second-order valence-corrected chi connectivity index (χ2v) is 5.63. The van der Waals surface area contributed by atoms with Crippen molar-refractivity contribution in [2.24, 2.45) is 5.10 Å². The molecule has 0 bridgehead atoms. The molecule has 0 aliphatic carbocycles. The number of hydrazone groups is 1. The third-order valence-electron chi connectivity index (χ3n) is 3.54. The lowest BCUT2D eigenvalue weighted by Gasteiger charge is -2.30. The number of ether oxygens (including phenoxy) is 1. The summed E-state index contributed by atoms with van der Waals surface area (Å²) in [6.45, 7) is 3.07. The quantitative estimate of drug-likeness (QED) is 0.488. The van der Waals surface area contributed by atoms with E-state index in [9.17, 15) is 24.8 Å². The number of anilines is 1. The summed E-state index contributed by atoms with van der Waals surface area (Å²) in [6, 6.07) is 3.58. The topological polar surface area (TPSA) is 122 Å². The second-order valence-electron chi connectivity index (χ2n) is 5.23. The molecule has 0 saturated carbocycles. The molecular formula is C14H14ClN3O6. The maximum atomic E-state index is 11.9. The maximum Gasteiger partial charge on any atom is 0.354 e. The highest BCUT2D eigenvalue weighted by Gasteiger charge is 2.48. The van der Waals surface area contributed by atoms with Crippen LogP contribution in [-0.2, 0) is 14.3 Å². The van der Waals surface area contributed by atoms with Gasteiger partial charge in [-0.1, -0.05) is 11.6 Å². The maximum absolute atomic E-state index is 11.9. The number of nitro benzene ring substituents is 1. The van der Waals surface area contributed by atoms with Crippen LogP contribution < -0.4 is 5.01 Å². The molecule has 0 radical (unpaired) electrons. The van der Waals surface area contributed by atoms with Crippen molar-refractivity contribution in [3.63, 3.8) is 0 Å². The predicted octanol–water partition coefficient (Wildman–Crippen LogP) is 2.22. The zero-order chi connectivity index (χ0) is 18.1. The Hall–Kier alpha value is -2.68. The summed E-state index contributed by atoms with van der Waals surface area (Å²) in [5.41, 5.74) is -1.97. The van der Waals surface area contributed by atoms with Gasteiger partial charge in [0.1, 0.15) is 5.71 Å². The monoisotopic (exact) mass is 355 g/mol. The van der Waals surface area contributed by atoms with E-state index >= 15 is 0 Å². The zero-order valence-electron chi connectivity index (χ0n) is 12.9. The van der Waals surface area contributed by atoms with Gasteiger partial charge in [-0.2, -0.15) is 5.10 Å². The molecule has 128 valence electrons. The van der Waals surface area contributed by atoms with Crippen LogP contribution in [0.3, 0.4) is 0 Å². The van der Waals surface area contributed by atoms with Crippen molar-refractivity contribution >= 4 is 40.6 Å². The Bertz CT molecular complexity index is 750. The molecule has 0 fully saturated rings. The number of halogens is 1. The molecule has 1 N–H and O–H groups in total. The molecule has 1 heterocycles. The Morgan fingerprint density at radius 1 is 1.54 bits per heavy atom. The number of esters is 1. The molecule has 0 aromatic heterocycles. The number of benzene rings is 1. The number of rotatable bonds is 5. The highest BCUT2D eigenvalue weighted by Crippen LogP contribution is 2.39. The standard InChI is InChI=1S/C14H14ClN3O6/c1-3-24-12(19)10-7-14(2,13(20)21)17(16-10)11-6-8(18(22)23)4-5-9(11)15/h4-6H,3,7H2,1-2H3,(H,20,21)/t14-/m1/s1. The molecule has 10 heteroatoms. The van der Waals surface area contributed by atoms with Crippen molar-refractivity contribution in [3.8, 4) is 0 Å². The van der Waals surface area contributed by atoms with E-state index in [2.05, 4.69) is 5.10 Å². The summed E-state index contributed by atoms with van der Waals surface area (Å²) in [6.07, 6.45) is -0.222. The predicted molar refractivity (Wildman–Crippen MR) is 85.3 cm³/mol. The minimum Gasteiger partial charge on any atom is -0.479 e. The lowest BCUT2D eigenvalue weighted by Crippen LogP contribution is -2.47. The number of carbonyl (C=O) groups is 2. The molecule has 2 rings (SSSR count). The number of carboxylic acid groups (broad SMARTS) is 1. The zero-order valence-corrected chi connectivity index (χ0v) is 13.6. The Balaban J connectivity index is 2.55. The smallest absolute Gasteiger partial charge is 0.354 e. The third kappa shape index (κ3) is 3.02. The summed E-state index contributed by atoms with van der Waals surface area (Å²) < 4.78 is 4.84. The molecular weight excluding hydrogens is 342 g/mol. The lowest BCUT2D eigenvalue weighted by atomic mass is 9.95. The van der Waals surface area contributed by atoms with E-state index < -0.39 is 22.4 Å². The molecule has 1 aliphatic heterocycles. The summed E-state index contributed by atoms with van der Waals surface area (Å²) in [7, 11) is 0. The number of carboxylic acids is 1. The van der Waals surface area contributed by atoms with E-state index in [0.717, 1.165) is 11.1 Å². The Morgan fingerprint density at radius 2 is 2.21 bits per heavy atom. The fourth-order valence-electron chi connectivity index (χ4n) is 2.26. The number of aliphatic carboxylic acids is 1. The van der Waals surface area contributed by atoms with Gasteiger partial charge in [-0.25, -0.2) is 14.6 Å². The van der Waals surface area contributed by atoms with Crippen LogP contribution in [0, 0.1) is 10.1 Å². The van der Waals surface area contributed by atoms with Crippen LogP contribution in [0.1, 0.15) is 20.3 Å². The number of non-ortho nitro benzene ring substituents is 1. The molecule has 1 aliphatic rings. The van der Waals surface area contributed by atoms with E-state index in [4.69, 9.17) is 16.3 Å². The van der Waals surface area contributed by atoms with Gasteiger partial charge in [-0.15, -0.1) is 0 Å². The molecule has 1 aromatic carbocycles. The van der Waals surface area contributed by atoms with Crippen LogP contribution in [0.5, 0.6) is 0 Å². The molecule has 9 nitrogen and oxygen atoms in total. The summed E-state index contributed by atoms with van der Waals surface area (Å²) in [5, 5.41) is 25.6. The average molecular weight is 356 g/mol. The molecule has 1 atom stereocenters. The fraction of sp³-hybridized carbons (Fsp3) is 0.357. The van der Waals surface area contributed by atoms with Crippen LogP contribution in [0.25, 0.3) is 0 Å². The highest BCUT2D eigenvalue weighted by molar-refractivity contribution is 6.39. The molecule has 0 unspecified atom stereocenters. The number of hydrogen-bond donors (Lipinski definition) is 1. The van der Waals surface area contributed by atoms with Crippen molar-refractivity contribution in [3.05, 3.63) is 33.3 Å². The van der Waals surface area contributed by atoms with Gasteiger partial charge < -0.3 is 9.84 Å². The van der Waals surface area contributed by atoms with Crippen LogP contribution in [0.15, 0.2) is 23.3 Å². The van der Waals surface area contributed by atoms with Gasteiger partial charge in [-0.3, -0.25) is 10.1 Å². The van der Waals surface area contributed by atoms with Gasteiger partial charge in [0.15, 0.2) is 5.54 Å². The van der Waals surface area contributed by atoms with E-state index in [1.165, 1.54) is 19.1 Å². The van der Waals surface area contributed by atoms with Crippen molar-refractivity contribution < 1.29 is 24.4 Å². The summed E-state index contributed by atoms with van der Waals surface area (Å²) >= 11 is 6.06. The SMILES string of the molecule is CCOC(=O)C1=NN(c2cc([N+](=O)[O-])ccc2Cl)[C@@](C)(C(=O)O)C1. The molecule has 0 saturated heterocycles. The number of hydrogen-bond acceptors (Lipinski definition) is 7. The first-order valence-electron chi connectivity index (χ1n) is 6.93. The number of carbonyl (C=O) groups excluding carboxylic acids is 1. The van der Waals surface area contributed by atoms with Gasteiger partial charge in [0.2, 0.25) is 0 Å². The van der Waals surface area contributed by atoms with Gasteiger partial charge in [0, 0.05) is 18.6 Å². The first-order valence-corrected chi connectivity index (χ1v) is 7.30. The minimum absolute atomic E-state index is 0.0232. The largest absolute Gasteiger partial charge is 0.479 e. The van der Waals surface area contributed by atoms with Crippen LogP contribution in [0.2, 0.25) is 5.02 Å². The third-order valence-corrected chi connectivity index (χ3v) is 3.86. The first-order chi connectivity index (χ1) is 11.2. The van der Waals surface area contributed by atoms with Crippen LogP contribution in [-0.4, -0.2) is 39.8 Å². The highest BCUT2D eigenvalue weighted by atomic mass is 35.5. The van der Waals surface area contributed by atoms with Crippen molar-refractivity contribution in [2.75, 3.05) is 11.6 Å². The summed E-state index contributed by atoms with van der Waals surface area (Å²) in [5.74, 6) is -2.00. The normalized spacial score (nSPS) is 19.8. The average Bonchev–Trinajstić information content (AvgIpc) is 2.87. The van der Waals surface area contributed by atoms with E-state index in [0.29, 0.717) is 0 Å². The van der Waals surface area contributed by atoms with Gasteiger partial charge >= 0.3 is 11.9 Å². The van der Waals surface area contributed by atoms with E-state index in [-0.39, 0.29) is 35.1 Å². The Morgan fingerprint density at radius 3 is 2.75 bits per heavy atom. The van der Waals surface area contributed by atoms with Gasteiger partial charge in [0.25, 0.3) is 5.69 Å². The fourth-order valence-corrected chi connectivity index (χ4v) is 2.46. The first kappa shape index (κ1) is 17.7. The minimum atomic E-state index is -1.62. The molecule has 1 aromatic rings.